The number of benzene rings is 1. The van der Waals surface area contributed by atoms with Crippen molar-refractivity contribution in [3.63, 3.8) is 0 Å². The van der Waals surface area contributed by atoms with Crippen molar-refractivity contribution in [1.82, 2.24) is 25.1 Å². The molecule has 3 heterocycles. The SMILES string of the molecule is Cn1ccnc1-c1ccc(-c2ccc(C3CNC(=O)C3)cc2)nn1. The summed E-state index contributed by atoms with van der Waals surface area (Å²) in [6.07, 6.45) is 4.19. The molecule has 0 bridgehead atoms. The standard InChI is InChI=1S/C18H17N5O/c1-23-9-8-19-18(23)16-7-6-15(21-22-16)13-4-2-12(3-5-13)14-10-17(24)20-11-14/h2-9,14H,10-11H2,1H3,(H,20,24). The first-order chi connectivity index (χ1) is 11.7. The summed E-state index contributed by atoms with van der Waals surface area (Å²) in [4.78, 5) is 15.6. The Morgan fingerprint density at radius 2 is 1.83 bits per heavy atom. The normalized spacial score (nSPS) is 17.0. The lowest BCUT2D eigenvalue weighted by Crippen LogP contribution is -2.13. The van der Waals surface area contributed by atoms with Gasteiger partial charge < -0.3 is 9.88 Å². The van der Waals surface area contributed by atoms with Crippen LogP contribution in [0.5, 0.6) is 0 Å². The second kappa shape index (κ2) is 5.88. The van der Waals surface area contributed by atoms with Gasteiger partial charge >= 0.3 is 0 Å². The molecule has 1 N–H and O–H groups in total. The van der Waals surface area contributed by atoms with Gasteiger partial charge in [-0.1, -0.05) is 24.3 Å². The van der Waals surface area contributed by atoms with Gasteiger partial charge in [0.1, 0.15) is 5.69 Å². The third-order valence-electron chi connectivity index (χ3n) is 4.37. The molecule has 1 fully saturated rings. The molecule has 120 valence electrons. The molecule has 6 nitrogen and oxygen atoms in total. The van der Waals surface area contributed by atoms with Gasteiger partial charge in [-0.25, -0.2) is 4.98 Å². The van der Waals surface area contributed by atoms with E-state index < -0.39 is 0 Å². The number of aryl methyl sites for hydroxylation is 1. The Hall–Kier alpha value is -3.02. The Morgan fingerprint density at radius 3 is 2.42 bits per heavy atom. The van der Waals surface area contributed by atoms with Gasteiger partial charge in [0.05, 0.1) is 5.69 Å². The summed E-state index contributed by atoms with van der Waals surface area (Å²) in [5, 5.41) is 11.5. The number of hydrogen-bond acceptors (Lipinski definition) is 4. The number of amides is 1. The molecule has 1 aliphatic rings. The van der Waals surface area contributed by atoms with E-state index in [-0.39, 0.29) is 11.8 Å². The zero-order valence-electron chi connectivity index (χ0n) is 13.3. The predicted octanol–water partition coefficient (Wildman–Crippen LogP) is 2.15. The van der Waals surface area contributed by atoms with Crippen LogP contribution in [0, 0.1) is 0 Å². The average Bonchev–Trinajstić information content (AvgIpc) is 3.24. The third-order valence-corrected chi connectivity index (χ3v) is 4.37. The van der Waals surface area contributed by atoms with Crippen molar-refractivity contribution in [1.29, 1.82) is 0 Å². The molecule has 0 aliphatic carbocycles. The Balaban J connectivity index is 1.55. The van der Waals surface area contributed by atoms with E-state index >= 15 is 0 Å². The summed E-state index contributed by atoms with van der Waals surface area (Å²) in [6, 6.07) is 12.1. The van der Waals surface area contributed by atoms with Crippen molar-refractivity contribution < 1.29 is 4.79 Å². The maximum atomic E-state index is 11.3. The van der Waals surface area contributed by atoms with Crippen LogP contribution in [0.4, 0.5) is 0 Å². The Morgan fingerprint density at radius 1 is 1.08 bits per heavy atom. The number of carbonyl (C=O) groups is 1. The van der Waals surface area contributed by atoms with Crippen LogP contribution >= 0.6 is 0 Å². The molecule has 1 aliphatic heterocycles. The second-order valence-electron chi connectivity index (χ2n) is 5.99. The molecule has 1 amide bonds. The molecule has 4 rings (SSSR count). The average molecular weight is 319 g/mol. The zero-order chi connectivity index (χ0) is 16.5. The Labute approximate surface area is 139 Å². The van der Waals surface area contributed by atoms with Gasteiger partial charge in [0.2, 0.25) is 5.91 Å². The largest absolute Gasteiger partial charge is 0.355 e. The zero-order valence-corrected chi connectivity index (χ0v) is 13.3. The first-order valence-electron chi connectivity index (χ1n) is 7.89. The molecule has 3 aromatic rings. The van der Waals surface area contributed by atoms with E-state index in [0.717, 1.165) is 29.3 Å². The van der Waals surface area contributed by atoms with Crippen molar-refractivity contribution in [3.05, 3.63) is 54.4 Å². The fourth-order valence-corrected chi connectivity index (χ4v) is 2.98. The van der Waals surface area contributed by atoms with E-state index in [4.69, 9.17) is 0 Å². The summed E-state index contributed by atoms with van der Waals surface area (Å²) in [7, 11) is 1.93. The summed E-state index contributed by atoms with van der Waals surface area (Å²) < 4.78 is 1.91. The molecular formula is C18H17N5O. The molecule has 1 unspecified atom stereocenters. The van der Waals surface area contributed by atoms with Crippen molar-refractivity contribution in [2.75, 3.05) is 6.54 Å². The summed E-state index contributed by atoms with van der Waals surface area (Å²) in [5.74, 6) is 1.19. The van der Waals surface area contributed by atoms with Gasteiger partial charge in [0.25, 0.3) is 0 Å². The van der Waals surface area contributed by atoms with Crippen molar-refractivity contribution in [3.8, 4) is 22.8 Å². The Bertz CT molecular complexity index is 867. The van der Waals surface area contributed by atoms with Gasteiger partial charge in [-0.05, 0) is 17.7 Å². The number of imidazole rings is 1. The minimum absolute atomic E-state index is 0.125. The highest BCUT2D eigenvalue weighted by Crippen LogP contribution is 2.26. The molecule has 1 atom stereocenters. The quantitative estimate of drug-likeness (QED) is 0.803. The fraction of sp³-hybridized carbons (Fsp3) is 0.222. The first-order valence-corrected chi connectivity index (χ1v) is 7.89. The van der Waals surface area contributed by atoms with Crippen LogP contribution in [-0.4, -0.2) is 32.2 Å². The minimum Gasteiger partial charge on any atom is -0.355 e. The van der Waals surface area contributed by atoms with Gasteiger partial charge in [0.15, 0.2) is 5.82 Å². The van der Waals surface area contributed by atoms with E-state index in [1.807, 2.05) is 42.1 Å². The van der Waals surface area contributed by atoms with E-state index in [2.05, 4.69) is 32.6 Å². The van der Waals surface area contributed by atoms with E-state index in [0.29, 0.717) is 6.42 Å². The fourth-order valence-electron chi connectivity index (χ4n) is 2.98. The molecule has 6 heteroatoms. The van der Waals surface area contributed by atoms with Crippen molar-refractivity contribution in [2.45, 2.75) is 12.3 Å². The van der Waals surface area contributed by atoms with E-state index in [1.165, 1.54) is 5.56 Å². The Kier molecular flexibility index (Phi) is 3.57. The first kappa shape index (κ1) is 14.6. The molecular weight excluding hydrogens is 302 g/mol. The molecule has 1 saturated heterocycles. The maximum absolute atomic E-state index is 11.3. The lowest BCUT2D eigenvalue weighted by Gasteiger charge is -2.08. The van der Waals surface area contributed by atoms with Crippen LogP contribution in [0.2, 0.25) is 0 Å². The monoisotopic (exact) mass is 319 g/mol. The van der Waals surface area contributed by atoms with E-state index in [1.54, 1.807) is 6.20 Å². The van der Waals surface area contributed by atoms with Crippen LogP contribution < -0.4 is 5.32 Å². The van der Waals surface area contributed by atoms with E-state index in [9.17, 15) is 4.79 Å². The molecule has 1 aromatic carbocycles. The maximum Gasteiger partial charge on any atom is 0.220 e. The lowest BCUT2D eigenvalue weighted by molar-refractivity contribution is -0.119. The van der Waals surface area contributed by atoms with Crippen molar-refractivity contribution in [2.24, 2.45) is 7.05 Å². The number of nitrogens with zero attached hydrogens (tertiary/aromatic N) is 4. The molecule has 0 spiro atoms. The number of nitrogens with one attached hydrogen (secondary N) is 1. The second-order valence-corrected chi connectivity index (χ2v) is 5.99. The molecule has 24 heavy (non-hydrogen) atoms. The lowest BCUT2D eigenvalue weighted by atomic mass is 9.96. The summed E-state index contributed by atoms with van der Waals surface area (Å²) >= 11 is 0. The van der Waals surface area contributed by atoms with Crippen LogP contribution in [0.15, 0.2) is 48.8 Å². The van der Waals surface area contributed by atoms with Gasteiger partial charge in [-0.2, -0.15) is 0 Å². The van der Waals surface area contributed by atoms with Gasteiger partial charge in [-0.3, -0.25) is 4.79 Å². The van der Waals surface area contributed by atoms with Crippen molar-refractivity contribution >= 4 is 5.91 Å². The number of carbonyl (C=O) groups excluding carboxylic acids is 1. The minimum atomic E-state index is 0.125. The van der Waals surface area contributed by atoms with Crippen LogP contribution in [0.1, 0.15) is 17.9 Å². The van der Waals surface area contributed by atoms with Crippen LogP contribution in [-0.2, 0) is 11.8 Å². The highest BCUT2D eigenvalue weighted by atomic mass is 16.1. The molecule has 0 radical (unpaired) electrons. The van der Waals surface area contributed by atoms with Crippen LogP contribution in [0.25, 0.3) is 22.8 Å². The predicted molar refractivity (Wildman–Crippen MR) is 90.0 cm³/mol. The summed E-state index contributed by atoms with van der Waals surface area (Å²) in [5.41, 5.74) is 3.75. The summed E-state index contributed by atoms with van der Waals surface area (Å²) in [6.45, 7) is 0.719. The third kappa shape index (κ3) is 2.67. The molecule has 0 saturated carbocycles. The molecule has 2 aromatic heterocycles. The van der Waals surface area contributed by atoms with Crippen LogP contribution in [0.3, 0.4) is 0 Å². The number of rotatable bonds is 3. The highest BCUT2D eigenvalue weighted by Gasteiger charge is 2.22. The van der Waals surface area contributed by atoms with Gasteiger partial charge in [-0.15, -0.1) is 10.2 Å². The topological polar surface area (TPSA) is 72.7 Å². The number of hydrogen-bond donors (Lipinski definition) is 1. The smallest absolute Gasteiger partial charge is 0.220 e. The number of aromatic nitrogens is 4. The van der Waals surface area contributed by atoms with Gasteiger partial charge in [0, 0.05) is 43.9 Å². The highest BCUT2D eigenvalue weighted by molar-refractivity contribution is 5.79.